The van der Waals surface area contributed by atoms with E-state index >= 15 is 0 Å². The van der Waals surface area contributed by atoms with Crippen LogP contribution in [0.15, 0.2) is 194 Å². The molecule has 0 aromatic heterocycles. The van der Waals surface area contributed by atoms with Gasteiger partial charge in [0.25, 0.3) is 0 Å². The van der Waals surface area contributed by atoms with Gasteiger partial charge in [-0.05, 0) is 148 Å². The Morgan fingerprint density at radius 3 is 0.744 bits per heavy atom. The molecule has 0 N–H and O–H groups in total. The maximum absolute atomic E-state index is 12.8. The summed E-state index contributed by atoms with van der Waals surface area (Å²) in [5.74, 6) is -0.978. The molecule has 82 heavy (non-hydrogen) atoms. The molecule has 0 spiro atoms. The largest absolute Gasteiger partial charge is 0.462 e. The van der Waals surface area contributed by atoms with E-state index in [0.29, 0.717) is 12.8 Å². The third-order valence-corrected chi connectivity index (χ3v) is 12.8. The van der Waals surface area contributed by atoms with Gasteiger partial charge in [-0.3, -0.25) is 14.4 Å². The number of carbonyl (C=O) groups excluding carboxylic acids is 3. The van der Waals surface area contributed by atoms with Gasteiger partial charge in [-0.2, -0.15) is 0 Å². The van der Waals surface area contributed by atoms with Gasteiger partial charge in [0.15, 0.2) is 6.10 Å². The number of esters is 3. The van der Waals surface area contributed by atoms with Crippen LogP contribution >= 0.6 is 0 Å². The van der Waals surface area contributed by atoms with Crippen molar-refractivity contribution >= 4 is 17.9 Å². The van der Waals surface area contributed by atoms with Gasteiger partial charge in [0, 0.05) is 19.3 Å². The third kappa shape index (κ3) is 65.1. The van der Waals surface area contributed by atoms with Crippen LogP contribution in [0.5, 0.6) is 0 Å². The number of rotatable bonds is 56. The molecule has 0 heterocycles. The quantitative estimate of drug-likeness (QED) is 0.0261. The van der Waals surface area contributed by atoms with Crippen LogP contribution in [0.25, 0.3) is 0 Å². The van der Waals surface area contributed by atoms with Crippen LogP contribution in [0.1, 0.15) is 245 Å². The average Bonchev–Trinajstić information content (AvgIpc) is 3.47. The third-order valence-electron chi connectivity index (χ3n) is 12.8. The van der Waals surface area contributed by atoms with E-state index in [4.69, 9.17) is 14.2 Å². The number of carbonyl (C=O) groups is 3. The van der Waals surface area contributed by atoms with Crippen molar-refractivity contribution in [2.24, 2.45) is 0 Å². The molecule has 0 saturated heterocycles. The number of allylic oxidation sites excluding steroid dienone is 32. The van der Waals surface area contributed by atoms with Gasteiger partial charge < -0.3 is 14.2 Å². The summed E-state index contributed by atoms with van der Waals surface area (Å²) in [4.78, 5) is 38.0. The SMILES string of the molecule is CC/C=C\C/C=C\C/C=C\C/C=C\C/C=C\C/C=C\C/C=C\C/C=C\C/C=C\C/C=C\CCCCCCC(=O)OCC(COC(=O)CCCCCCCC)OC(=O)CCCCCC/C=C\C/C=C\C/C=C\C/C=C\C/C=C\C/C=C\CC. The van der Waals surface area contributed by atoms with Crippen LogP contribution in [-0.2, 0) is 28.6 Å². The molecule has 456 valence electrons. The maximum Gasteiger partial charge on any atom is 0.306 e. The Morgan fingerprint density at radius 2 is 0.476 bits per heavy atom. The van der Waals surface area contributed by atoms with Crippen LogP contribution < -0.4 is 0 Å². The second kappa shape index (κ2) is 67.8. The van der Waals surface area contributed by atoms with Gasteiger partial charge in [-0.15, -0.1) is 0 Å². The molecule has 0 aromatic rings. The molecular weight excluding hydrogens is 1010 g/mol. The Kier molecular flexibility index (Phi) is 63.0. The minimum Gasteiger partial charge on any atom is -0.462 e. The molecule has 0 bridgehead atoms. The van der Waals surface area contributed by atoms with Crippen molar-refractivity contribution < 1.29 is 28.6 Å². The van der Waals surface area contributed by atoms with Gasteiger partial charge in [0.2, 0.25) is 0 Å². The number of hydrogen-bond donors (Lipinski definition) is 0. The van der Waals surface area contributed by atoms with Crippen LogP contribution in [0.3, 0.4) is 0 Å². The number of ether oxygens (including phenoxy) is 3. The van der Waals surface area contributed by atoms with Gasteiger partial charge in [0.1, 0.15) is 13.2 Å². The fraction of sp³-hybridized carbons (Fsp3) is 0.539. The molecule has 0 fully saturated rings. The molecule has 0 aliphatic carbocycles. The standard InChI is InChI=1S/C76H116O6/c1-4-7-10-13-16-18-20-22-24-26-28-30-32-33-34-35-36-37-38-39-40-41-42-43-45-46-48-50-52-54-56-58-60-63-66-69-75(78)81-72-73(71-80-74(77)68-65-62-15-12-9-6-3)82-76(79)70-67-64-61-59-57-55-53-51-49-47-44-31-29-27-25-23-21-19-17-14-11-8-5-2/h7-8,10-11,16-19,22-25,28-31,33-34,36-37,39-40,42-43,46-49,52-55,73H,4-6,9,12-15,20-21,26-27,32,35,38,41,44-45,50-51,56-72H2,1-3H3/b10-7-,11-8-,18-16-,19-17-,24-22-,25-23-,30-28-,31-29-,34-33-,37-36-,40-39-,43-42-,48-46-,49-47-,54-52-,55-53-. The smallest absolute Gasteiger partial charge is 0.306 e. The van der Waals surface area contributed by atoms with E-state index in [1.807, 2.05) is 0 Å². The van der Waals surface area contributed by atoms with Crippen LogP contribution in [0.2, 0.25) is 0 Å². The molecule has 6 heteroatoms. The lowest BCUT2D eigenvalue weighted by atomic mass is 10.1. The monoisotopic (exact) mass is 1120 g/mol. The van der Waals surface area contributed by atoms with Crippen molar-refractivity contribution in [2.45, 2.75) is 252 Å². The summed E-state index contributed by atoms with van der Waals surface area (Å²) in [5.41, 5.74) is 0. The highest BCUT2D eigenvalue weighted by atomic mass is 16.6. The lowest BCUT2D eigenvalue weighted by Crippen LogP contribution is -2.30. The number of hydrogen-bond acceptors (Lipinski definition) is 6. The summed E-state index contributed by atoms with van der Waals surface area (Å²) in [6.07, 6.45) is 103. The van der Waals surface area contributed by atoms with Crippen molar-refractivity contribution in [3.8, 4) is 0 Å². The molecule has 0 amide bonds. The first-order valence-electron chi connectivity index (χ1n) is 32.4. The molecule has 1 unspecified atom stereocenters. The second-order valence-electron chi connectivity index (χ2n) is 20.6. The Bertz CT molecular complexity index is 1970. The first-order chi connectivity index (χ1) is 40.5. The van der Waals surface area contributed by atoms with E-state index < -0.39 is 6.10 Å². The molecule has 0 aliphatic rings. The summed E-state index contributed by atoms with van der Waals surface area (Å²) in [6, 6.07) is 0. The summed E-state index contributed by atoms with van der Waals surface area (Å²) >= 11 is 0. The minimum atomic E-state index is -0.811. The lowest BCUT2D eigenvalue weighted by Gasteiger charge is -2.18. The van der Waals surface area contributed by atoms with E-state index in [1.165, 1.54) is 19.3 Å². The summed E-state index contributed by atoms with van der Waals surface area (Å²) in [7, 11) is 0. The van der Waals surface area contributed by atoms with Crippen molar-refractivity contribution in [1.82, 2.24) is 0 Å². The van der Waals surface area contributed by atoms with Crippen molar-refractivity contribution in [1.29, 1.82) is 0 Å². The maximum atomic E-state index is 12.8. The van der Waals surface area contributed by atoms with Gasteiger partial charge in [-0.25, -0.2) is 0 Å². The van der Waals surface area contributed by atoms with Crippen molar-refractivity contribution in [2.75, 3.05) is 13.2 Å². The molecule has 1 atom stereocenters. The molecule has 0 radical (unpaired) electrons. The highest BCUT2D eigenvalue weighted by Crippen LogP contribution is 2.13. The van der Waals surface area contributed by atoms with Crippen LogP contribution in [0.4, 0.5) is 0 Å². The first-order valence-corrected chi connectivity index (χ1v) is 32.4. The van der Waals surface area contributed by atoms with E-state index in [2.05, 4.69) is 215 Å². The Balaban J connectivity index is 4.25. The van der Waals surface area contributed by atoms with E-state index in [1.54, 1.807) is 0 Å². The fourth-order valence-electron chi connectivity index (χ4n) is 8.06. The van der Waals surface area contributed by atoms with Crippen molar-refractivity contribution in [3.05, 3.63) is 194 Å². The highest BCUT2D eigenvalue weighted by molar-refractivity contribution is 5.71. The molecule has 6 nitrogen and oxygen atoms in total. The Morgan fingerprint density at radius 1 is 0.256 bits per heavy atom. The van der Waals surface area contributed by atoms with Crippen LogP contribution in [-0.4, -0.2) is 37.2 Å². The normalized spacial score (nSPS) is 13.5. The average molecular weight is 1130 g/mol. The molecule has 0 aromatic carbocycles. The van der Waals surface area contributed by atoms with Gasteiger partial charge in [-0.1, -0.05) is 273 Å². The Labute approximate surface area is 503 Å². The highest BCUT2D eigenvalue weighted by Gasteiger charge is 2.19. The zero-order valence-electron chi connectivity index (χ0n) is 52.2. The zero-order chi connectivity index (χ0) is 59.2. The second-order valence-corrected chi connectivity index (χ2v) is 20.6. The molecule has 0 aliphatic heterocycles. The first kappa shape index (κ1) is 76.2. The topological polar surface area (TPSA) is 78.9 Å². The van der Waals surface area contributed by atoms with Crippen LogP contribution in [0, 0.1) is 0 Å². The summed E-state index contributed by atoms with van der Waals surface area (Å²) in [6.45, 7) is 6.29. The van der Waals surface area contributed by atoms with E-state index in [0.717, 1.165) is 186 Å². The predicted octanol–water partition coefficient (Wildman–Crippen LogP) is 22.6. The molecule has 0 saturated carbocycles. The lowest BCUT2D eigenvalue weighted by molar-refractivity contribution is -0.167. The fourth-order valence-corrected chi connectivity index (χ4v) is 8.06. The minimum absolute atomic E-state index is 0.106. The predicted molar refractivity (Wildman–Crippen MR) is 357 cm³/mol. The number of unbranched alkanes of at least 4 members (excludes halogenated alkanes) is 13. The van der Waals surface area contributed by atoms with Gasteiger partial charge in [0.05, 0.1) is 0 Å². The summed E-state index contributed by atoms with van der Waals surface area (Å²) < 4.78 is 16.7. The Hall–Kier alpha value is -5.75. The molecule has 0 rings (SSSR count). The zero-order valence-corrected chi connectivity index (χ0v) is 52.2. The van der Waals surface area contributed by atoms with E-state index in [9.17, 15) is 14.4 Å². The van der Waals surface area contributed by atoms with Crippen molar-refractivity contribution in [3.63, 3.8) is 0 Å². The summed E-state index contributed by atoms with van der Waals surface area (Å²) in [5, 5.41) is 0. The van der Waals surface area contributed by atoms with Gasteiger partial charge >= 0.3 is 17.9 Å². The van der Waals surface area contributed by atoms with E-state index in [-0.39, 0.29) is 37.5 Å². The molecular formula is C76H116O6.